The Morgan fingerprint density at radius 1 is 1.44 bits per heavy atom. The molecule has 1 aromatic heterocycles. The van der Waals surface area contributed by atoms with Gasteiger partial charge in [-0.3, -0.25) is 0 Å². The molecule has 1 aromatic rings. The van der Waals surface area contributed by atoms with E-state index in [2.05, 4.69) is 30.5 Å². The Kier molecular flexibility index (Phi) is 3.32. The van der Waals surface area contributed by atoms with E-state index in [1.165, 1.54) is 34.3 Å². The van der Waals surface area contributed by atoms with E-state index < -0.39 is 0 Å². The number of thiazole rings is 1. The summed E-state index contributed by atoms with van der Waals surface area (Å²) in [5, 5.41) is 1.20. The molecular weight excluding hydrogens is 262 g/mol. The minimum Gasteiger partial charge on any atom is -0.346 e. The van der Waals surface area contributed by atoms with Gasteiger partial charge in [-0.15, -0.1) is 11.3 Å². The zero-order chi connectivity index (χ0) is 12.8. The first-order valence-electron chi connectivity index (χ1n) is 6.67. The van der Waals surface area contributed by atoms with Crippen molar-refractivity contribution in [3.63, 3.8) is 0 Å². The predicted octanol–water partition coefficient (Wildman–Crippen LogP) is 2.81. The van der Waals surface area contributed by atoms with E-state index in [1.54, 1.807) is 0 Å². The summed E-state index contributed by atoms with van der Waals surface area (Å²) in [6.45, 7) is 7.51. The monoisotopic (exact) mass is 283 g/mol. The van der Waals surface area contributed by atoms with Gasteiger partial charge in [0.25, 0.3) is 0 Å². The fraction of sp³-hybridized carbons (Fsp3) is 0.769. The van der Waals surface area contributed by atoms with Crippen LogP contribution >= 0.6 is 23.1 Å². The molecule has 0 bridgehead atoms. The minimum atomic E-state index is 0.340. The number of nitrogens with zero attached hydrogens (tertiary/aromatic N) is 2. The van der Waals surface area contributed by atoms with Crippen molar-refractivity contribution in [2.24, 2.45) is 5.73 Å². The van der Waals surface area contributed by atoms with Crippen molar-refractivity contribution in [1.29, 1.82) is 0 Å². The molecule has 0 spiro atoms. The molecule has 1 aliphatic carbocycles. The van der Waals surface area contributed by atoms with Gasteiger partial charge in [0.05, 0.1) is 5.69 Å². The molecule has 0 amide bonds. The van der Waals surface area contributed by atoms with E-state index in [4.69, 9.17) is 10.7 Å². The molecule has 1 saturated carbocycles. The third-order valence-corrected chi connectivity index (χ3v) is 6.01. The van der Waals surface area contributed by atoms with Gasteiger partial charge in [0.15, 0.2) is 5.13 Å². The van der Waals surface area contributed by atoms with Gasteiger partial charge in [0, 0.05) is 40.9 Å². The Bertz CT molecular complexity index is 437. The highest BCUT2D eigenvalue weighted by molar-refractivity contribution is 8.00. The lowest BCUT2D eigenvalue weighted by molar-refractivity contribution is 0.645. The van der Waals surface area contributed by atoms with Gasteiger partial charge in [-0.25, -0.2) is 4.98 Å². The second kappa shape index (κ2) is 4.69. The van der Waals surface area contributed by atoms with Crippen LogP contribution in [0.5, 0.6) is 0 Å². The van der Waals surface area contributed by atoms with Gasteiger partial charge in [0.1, 0.15) is 0 Å². The molecular formula is C13H21N3S2. The quantitative estimate of drug-likeness (QED) is 0.926. The summed E-state index contributed by atoms with van der Waals surface area (Å²) in [4.78, 5) is 8.65. The molecule has 0 unspecified atom stereocenters. The van der Waals surface area contributed by atoms with Crippen LogP contribution in [-0.4, -0.2) is 28.6 Å². The summed E-state index contributed by atoms with van der Waals surface area (Å²) >= 11 is 3.88. The van der Waals surface area contributed by atoms with E-state index in [1.807, 2.05) is 11.3 Å². The number of aromatic nitrogens is 1. The third-order valence-electron chi connectivity index (χ3n) is 3.56. The van der Waals surface area contributed by atoms with Gasteiger partial charge < -0.3 is 10.6 Å². The van der Waals surface area contributed by atoms with Crippen molar-refractivity contribution >= 4 is 28.2 Å². The minimum absolute atomic E-state index is 0.340. The second-order valence-electron chi connectivity index (χ2n) is 5.81. The van der Waals surface area contributed by atoms with Crippen LogP contribution in [0.25, 0.3) is 0 Å². The number of nitrogens with two attached hydrogens (primary N) is 1. The largest absolute Gasteiger partial charge is 0.346 e. The average molecular weight is 283 g/mol. The van der Waals surface area contributed by atoms with Crippen molar-refractivity contribution < 1.29 is 0 Å². The lowest BCUT2D eigenvalue weighted by Crippen LogP contribution is -2.43. The fourth-order valence-electron chi connectivity index (χ4n) is 2.49. The molecule has 0 radical (unpaired) electrons. The van der Waals surface area contributed by atoms with E-state index in [-0.39, 0.29) is 0 Å². The van der Waals surface area contributed by atoms with Crippen LogP contribution in [0, 0.1) is 0 Å². The van der Waals surface area contributed by atoms with Crippen LogP contribution in [0.15, 0.2) is 0 Å². The lowest BCUT2D eigenvalue weighted by Gasteiger charge is -2.37. The zero-order valence-corrected chi connectivity index (χ0v) is 12.7. The summed E-state index contributed by atoms with van der Waals surface area (Å²) in [6, 6.07) is 0. The maximum Gasteiger partial charge on any atom is 0.185 e. The van der Waals surface area contributed by atoms with E-state index in [9.17, 15) is 0 Å². The van der Waals surface area contributed by atoms with Crippen molar-refractivity contribution in [2.75, 3.05) is 23.7 Å². The Balaban J connectivity index is 1.83. The first kappa shape index (κ1) is 12.8. The maximum atomic E-state index is 5.86. The average Bonchev–Trinajstić information content (AvgIpc) is 3.07. The highest BCUT2D eigenvalue weighted by Crippen LogP contribution is 2.44. The highest BCUT2D eigenvalue weighted by atomic mass is 32.2. The summed E-state index contributed by atoms with van der Waals surface area (Å²) < 4.78 is 0.340. The van der Waals surface area contributed by atoms with Crippen molar-refractivity contribution in [3.8, 4) is 0 Å². The molecule has 2 N–H and O–H groups in total. The Morgan fingerprint density at radius 2 is 2.22 bits per heavy atom. The molecule has 2 heterocycles. The first-order chi connectivity index (χ1) is 8.59. The molecule has 100 valence electrons. The Hall–Kier alpha value is -0.260. The fourth-order valence-corrected chi connectivity index (χ4v) is 4.65. The van der Waals surface area contributed by atoms with E-state index >= 15 is 0 Å². The van der Waals surface area contributed by atoms with E-state index in [0.29, 0.717) is 17.2 Å². The van der Waals surface area contributed by atoms with Crippen molar-refractivity contribution in [2.45, 2.75) is 43.9 Å². The Labute approximate surface area is 117 Å². The van der Waals surface area contributed by atoms with Crippen LogP contribution in [0.1, 0.15) is 43.2 Å². The van der Waals surface area contributed by atoms with Gasteiger partial charge in [-0.05, 0) is 26.7 Å². The number of thioether (sulfide) groups is 1. The molecule has 0 aromatic carbocycles. The SMILES string of the molecule is CC1(C)CN(c2nc(C3CC3)c(CN)s2)CCS1. The Morgan fingerprint density at radius 3 is 2.83 bits per heavy atom. The molecule has 1 aliphatic heterocycles. The number of anilines is 1. The molecule has 18 heavy (non-hydrogen) atoms. The van der Waals surface area contributed by atoms with E-state index in [0.717, 1.165) is 13.1 Å². The molecule has 5 heteroatoms. The van der Waals surface area contributed by atoms with Crippen LogP contribution in [0.3, 0.4) is 0 Å². The second-order valence-corrected chi connectivity index (χ2v) is 8.68. The molecule has 0 atom stereocenters. The summed E-state index contributed by atoms with van der Waals surface area (Å²) in [6.07, 6.45) is 2.61. The number of rotatable bonds is 3. The van der Waals surface area contributed by atoms with Crippen molar-refractivity contribution in [1.82, 2.24) is 4.98 Å². The van der Waals surface area contributed by atoms with Crippen LogP contribution in [-0.2, 0) is 6.54 Å². The standard InChI is InChI=1S/C13H21N3S2/c1-13(2)8-16(5-6-17-13)12-15-11(9-3-4-9)10(7-14)18-12/h9H,3-8,14H2,1-2H3. The van der Waals surface area contributed by atoms with Crippen LogP contribution in [0.2, 0.25) is 0 Å². The number of hydrogen-bond acceptors (Lipinski definition) is 5. The normalized spacial score (nSPS) is 23.4. The van der Waals surface area contributed by atoms with Gasteiger partial charge in [-0.1, -0.05) is 0 Å². The lowest BCUT2D eigenvalue weighted by atomic mass is 10.2. The van der Waals surface area contributed by atoms with Gasteiger partial charge in [0.2, 0.25) is 0 Å². The van der Waals surface area contributed by atoms with Crippen molar-refractivity contribution in [3.05, 3.63) is 10.6 Å². The highest BCUT2D eigenvalue weighted by Gasteiger charge is 2.32. The molecule has 3 nitrogen and oxygen atoms in total. The zero-order valence-electron chi connectivity index (χ0n) is 11.1. The van der Waals surface area contributed by atoms with Gasteiger partial charge in [-0.2, -0.15) is 11.8 Å². The maximum absolute atomic E-state index is 5.86. The molecule has 1 saturated heterocycles. The summed E-state index contributed by atoms with van der Waals surface area (Å²) in [5.41, 5.74) is 7.16. The predicted molar refractivity (Wildman–Crippen MR) is 80.7 cm³/mol. The summed E-state index contributed by atoms with van der Waals surface area (Å²) in [7, 11) is 0. The van der Waals surface area contributed by atoms with Gasteiger partial charge >= 0.3 is 0 Å². The molecule has 2 fully saturated rings. The van der Waals surface area contributed by atoms with Crippen LogP contribution < -0.4 is 10.6 Å². The summed E-state index contributed by atoms with van der Waals surface area (Å²) in [5.74, 6) is 1.91. The topological polar surface area (TPSA) is 42.2 Å². The third kappa shape index (κ3) is 2.53. The smallest absolute Gasteiger partial charge is 0.185 e. The number of hydrogen-bond donors (Lipinski definition) is 1. The molecule has 3 rings (SSSR count). The molecule has 2 aliphatic rings. The first-order valence-corrected chi connectivity index (χ1v) is 8.48. The van der Waals surface area contributed by atoms with Crippen LogP contribution in [0.4, 0.5) is 5.13 Å².